The standard InChI is InChI=1S/C34H37ClN4O/c1-5-22(3)33-25(20-23(4)28(6-2)37-26-14-15-26)17-19-39(31-13-8-7-10-27(31)33)34(40)30-12-9-11-29(38-30)24-16-18-36-32(35)21-24/h6-13,16,18,20-22,26,37H,5,14-15,17,19H2,1-4H3/b23-20+,28-6-. The molecule has 0 saturated heterocycles. The van der Waals surface area contributed by atoms with E-state index in [1.165, 1.54) is 35.3 Å². The molecular formula is C34H37ClN4O. The van der Waals surface area contributed by atoms with Crippen LogP contribution in [-0.2, 0) is 0 Å². The average Bonchev–Trinajstić information content (AvgIpc) is 3.81. The number of allylic oxidation sites excluding steroid dienone is 4. The molecule has 1 saturated carbocycles. The van der Waals surface area contributed by atoms with Crippen molar-refractivity contribution in [3.8, 4) is 11.3 Å². The summed E-state index contributed by atoms with van der Waals surface area (Å²) < 4.78 is 0. The predicted octanol–water partition coefficient (Wildman–Crippen LogP) is 8.25. The topological polar surface area (TPSA) is 58.1 Å². The van der Waals surface area contributed by atoms with Gasteiger partial charge in [0.25, 0.3) is 5.91 Å². The van der Waals surface area contributed by atoms with E-state index in [9.17, 15) is 4.79 Å². The Labute approximate surface area is 242 Å². The number of halogens is 1. The highest BCUT2D eigenvalue weighted by Gasteiger charge is 2.29. The first-order chi connectivity index (χ1) is 19.4. The summed E-state index contributed by atoms with van der Waals surface area (Å²) in [6, 6.07) is 18.1. The quantitative estimate of drug-likeness (QED) is 0.226. The van der Waals surface area contributed by atoms with E-state index in [2.05, 4.69) is 68.3 Å². The highest BCUT2D eigenvalue weighted by Crippen LogP contribution is 2.40. The van der Waals surface area contributed by atoms with Crippen molar-refractivity contribution < 1.29 is 4.79 Å². The van der Waals surface area contributed by atoms with Crippen molar-refractivity contribution >= 4 is 28.8 Å². The second kappa shape index (κ2) is 12.2. The third-order valence-corrected chi connectivity index (χ3v) is 8.02. The summed E-state index contributed by atoms with van der Waals surface area (Å²) in [5, 5.41) is 4.07. The van der Waals surface area contributed by atoms with Gasteiger partial charge < -0.3 is 10.2 Å². The molecule has 206 valence electrons. The molecule has 6 heteroatoms. The van der Waals surface area contributed by atoms with Crippen LogP contribution in [0.15, 0.2) is 89.8 Å². The Bertz CT molecular complexity index is 1500. The number of nitrogens with zero attached hydrogens (tertiary/aromatic N) is 3. The summed E-state index contributed by atoms with van der Waals surface area (Å²) in [5.74, 6) is 0.239. The fourth-order valence-electron chi connectivity index (χ4n) is 5.37. The lowest BCUT2D eigenvalue weighted by molar-refractivity contribution is 0.0982. The van der Waals surface area contributed by atoms with Crippen LogP contribution in [0.3, 0.4) is 0 Å². The highest BCUT2D eigenvalue weighted by molar-refractivity contribution is 6.29. The molecule has 1 fully saturated rings. The van der Waals surface area contributed by atoms with Gasteiger partial charge in [-0.15, -0.1) is 0 Å². The van der Waals surface area contributed by atoms with E-state index >= 15 is 0 Å². The van der Waals surface area contributed by atoms with E-state index in [4.69, 9.17) is 16.6 Å². The Morgan fingerprint density at radius 2 is 1.98 bits per heavy atom. The van der Waals surface area contributed by atoms with Gasteiger partial charge in [-0.25, -0.2) is 9.97 Å². The minimum atomic E-state index is -0.107. The van der Waals surface area contributed by atoms with Gasteiger partial charge in [-0.2, -0.15) is 0 Å². The van der Waals surface area contributed by atoms with Crippen LogP contribution in [0.4, 0.5) is 5.69 Å². The summed E-state index contributed by atoms with van der Waals surface area (Å²) >= 11 is 6.12. The van der Waals surface area contributed by atoms with Gasteiger partial charge in [-0.3, -0.25) is 4.79 Å². The molecule has 2 aromatic heterocycles. The lowest BCUT2D eigenvalue weighted by Gasteiger charge is -2.24. The molecule has 3 aromatic rings. The molecule has 40 heavy (non-hydrogen) atoms. The zero-order chi connectivity index (χ0) is 28.2. The smallest absolute Gasteiger partial charge is 0.276 e. The van der Waals surface area contributed by atoms with E-state index in [1.54, 1.807) is 18.3 Å². The molecule has 1 aliphatic heterocycles. The maximum atomic E-state index is 14.1. The molecule has 5 nitrogen and oxygen atoms in total. The van der Waals surface area contributed by atoms with Crippen LogP contribution in [0.2, 0.25) is 5.15 Å². The van der Waals surface area contributed by atoms with Gasteiger partial charge in [-0.05, 0) is 92.5 Å². The largest absolute Gasteiger partial charge is 0.382 e. The number of pyridine rings is 2. The van der Waals surface area contributed by atoms with Crippen molar-refractivity contribution in [2.45, 2.75) is 59.4 Å². The summed E-state index contributed by atoms with van der Waals surface area (Å²) in [6.07, 6.45) is 10.4. The number of aromatic nitrogens is 2. The van der Waals surface area contributed by atoms with Crippen LogP contribution in [-0.4, -0.2) is 28.5 Å². The van der Waals surface area contributed by atoms with Crippen LogP contribution < -0.4 is 10.2 Å². The molecule has 0 bridgehead atoms. The molecule has 2 aliphatic rings. The minimum Gasteiger partial charge on any atom is -0.382 e. The fraction of sp³-hybridized carbons (Fsp3) is 0.324. The summed E-state index contributed by atoms with van der Waals surface area (Å²) in [4.78, 5) is 24.8. The molecule has 1 amide bonds. The molecule has 0 radical (unpaired) electrons. The Kier molecular flexibility index (Phi) is 8.51. The predicted molar refractivity (Wildman–Crippen MR) is 165 cm³/mol. The number of benzene rings is 1. The van der Waals surface area contributed by atoms with Crippen molar-refractivity contribution in [2.24, 2.45) is 5.92 Å². The molecule has 1 aromatic carbocycles. The highest BCUT2D eigenvalue weighted by atomic mass is 35.5. The lowest BCUT2D eigenvalue weighted by Crippen LogP contribution is -2.32. The minimum absolute atomic E-state index is 0.107. The second-order valence-electron chi connectivity index (χ2n) is 10.7. The fourth-order valence-corrected chi connectivity index (χ4v) is 5.54. The molecule has 1 N–H and O–H groups in total. The number of nitrogens with one attached hydrogen (secondary N) is 1. The Balaban J connectivity index is 1.53. The molecule has 0 spiro atoms. The number of anilines is 1. The van der Waals surface area contributed by atoms with Crippen molar-refractivity contribution in [2.75, 3.05) is 11.4 Å². The lowest BCUT2D eigenvalue weighted by atomic mass is 9.86. The van der Waals surface area contributed by atoms with E-state index in [0.29, 0.717) is 35.0 Å². The van der Waals surface area contributed by atoms with Crippen LogP contribution >= 0.6 is 11.6 Å². The molecule has 1 aliphatic carbocycles. The molecule has 3 heterocycles. The SMILES string of the molecule is C/C=C(NC1CC1)/C(C)=C/C1=C(C(C)CC)c2ccccc2N(C(=O)c2cccc(-c3ccnc(Cl)c3)n2)CC1. The van der Waals surface area contributed by atoms with Gasteiger partial charge in [0.15, 0.2) is 0 Å². The van der Waals surface area contributed by atoms with E-state index in [0.717, 1.165) is 29.7 Å². The average molecular weight is 553 g/mol. The van der Waals surface area contributed by atoms with E-state index in [1.807, 2.05) is 29.2 Å². The number of carbonyl (C=O) groups is 1. The summed E-state index contributed by atoms with van der Waals surface area (Å²) in [6.45, 7) is 9.37. The zero-order valence-electron chi connectivity index (χ0n) is 23.7. The summed E-state index contributed by atoms with van der Waals surface area (Å²) in [7, 11) is 0. The number of hydrogen-bond donors (Lipinski definition) is 1. The number of fused-ring (bicyclic) bond motifs is 1. The molecule has 1 unspecified atom stereocenters. The van der Waals surface area contributed by atoms with E-state index < -0.39 is 0 Å². The third kappa shape index (κ3) is 6.05. The first kappa shape index (κ1) is 27.9. The maximum Gasteiger partial charge on any atom is 0.276 e. The van der Waals surface area contributed by atoms with Crippen LogP contribution in [0.1, 0.15) is 69.4 Å². The zero-order valence-corrected chi connectivity index (χ0v) is 24.5. The molecule has 1 atom stereocenters. The second-order valence-corrected chi connectivity index (χ2v) is 11.1. The Morgan fingerprint density at radius 1 is 1.18 bits per heavy atom. The normalized spacial score (nSPS) is 16.9. The maximum absolute atomic E-state index is 14.1. The van der Waals surface area contributed by atoms with Crippen LogP contribution in [0.5, 0.6) is 0 Å². The Hall–Kier alpha value is -3.70. The summed E-state index contributed by atoms with van der Waals surface area (Å²) in [5.41, 5.74) is 9.02. The van der Waals surface area contributed by atoms with Gasteiger partial charge >= 0.3 is 0 Å². The van der Waals surface area contributed by atoms with Crippen molar-refractivity contribution in [3.63, 3.8) is 0 Å². The third-order valence-electron chi connectivity index (χ3n) is 7.82. The first-order valence-corrected chi connectivity index (χ1v) is 14.6. The van der Waals surface area contributed by atoms with Crippen molar-refractivity contribution in [1.29, 1.82) is 0 Å². The monoisotopic (exact) mass is 552 g/mol. The van der Waals surface area contributed by atoms with E-state index in [-0.39, 0.29) is 5.91 Å². The van der Waals surface area contributed by atoms with Crippen molar-refractivity contribution in [3.05, 3.63) is 106 Å². The van der Waals surface area contributed by atoms with Gasteiger partial charge in [0, 0.05) is 35.6 Å². The van der Waals surface area contributed by atoms with Crippen molar-refractivity contribution in [1.82, 2.24) is 15.3 Å². The molecular weight excluding hydrogens is 516 g/mol. The number of para-hydroxylation sites is 1. The number of carbonyl (C=O) groups excluding carboxylic acids is 1. The van der Waals surface area contributed by atoms with Crippen LogP contribution in [0.25, 0.3) is 16.8 Å². The number of amides is 1. The van der Waals surface area contributed by atoms with Gasteiger partial charge in [0.1, 0.15) is 10.8 Å². The van der Waals surface area contributed by atoms with Crippen LogP contribution in [0, 0.1) is 5.92 Å². The van der Waals surface area contributed by atoms with Gasteiger partial charge in [0.2, 0.25) is 0 Å². The number of hydrogen-bond acceptors (Lipinski definition) is 4. The Morgan fingerprint density at radius 3 is 2.70 bits per heavy atom. The first-order valence-electron chi connectivity index (χ1n) is 14.2. The van der Waals surface area contributed by atoms with Gasteiger partial charge in [0.05, 0.1) is 11.4 Å². The van der Waals surface area contributed by atoms with Gasteiger partial charge in [-0.1, -0.05) is 61.9 Å². The number of rotatable bonds is 8. The molecule has 5 rings (SSSR count).